The van der Waals surface area contributed by atoms with Gasteiger partial charge in [-0.05, 0) is 43.7 Å². The number of nitrogens with one attached hydrogen (secondary N) is 1. The molecule has 0 saturated carbocycles. The number of carbonyl (C=O) groups excluding carboxylic acids is 1. The predicted octanol–water partition coefficient (Wildman–Crippen LogP) is 2.71. The molecule has 1 atom stereocenters. The number of nitrogens with zero attached hydrogens (tertiary/aromatic N) is 2. The number of hydrogen-bond acceptors (Lipinski definition) is 2. The Hall–Kier alpha value is -2.27. The molecule has 0 bridgehead atoms. The molecule has 0 unspecified atom stereocenters. The number of aliphatic hydroxyl groups excluding tert-OH is 1. The monoisotopic (exact) mass is 287 g/mol. The molecule has 1 aromatic carbocycles. The van der Waals surface area contributed by atoms with Gasteiger partial charge in [-0.25, -0.2) is 4.79 Å². The van der Waals surface area contributed by atoms with Crippen molar-refractivity contribution in [2.24, 2.45) is 0 Å². The summed E-state index contributed by atoms with van der Waals surface area (Å²) in [6.45, 7) is 2.23. The molecule has 5 heteroatoms. The Bertz CT molecular complexity index is 579. The number of urea groups is 1. The highest BCUT2D eigenvalue weighted by molar-refractivity contribution is 5.89. The number of amides is 2. The smallest absolute Gasteiger partial charge is 0.321 e. The van der Waals surface area contributed by atoms with E-state index in [2.05, 4.69) is 5.32 Å². The summed E-state index contributed by atoms with van der Waals surface area (Å²) in [5, 5.41) is 12.1. The lowest BCUT2D eigenvalue weighted by molar-refractivity contribution is 0.167. The van der Waals surface area contributed by atoms with Crippen molar-refractivity contribution in [1.29, 1.82) is 0 Å². The Morgan fingerprint density at radius 3 is 2.71 bits per heavy atom. The normalized spacial score (nSPS) is 12.0. The Morgan fingerprint density at radius 1 is 1.33 bits per heavy atom. The summed E-state index contributed by atoms with van der Waals surface area (Å²) in [6, 6.07) is 11.4. The Labute approximate surface area is 124 Å². The molecule has 2 rings (SSSR count). The van der Waals surface area contributed by atoms with Crippen LogP contribution >= 0.6 is 0 Å². The molecule has 5 nitrogen and oxygen atoms in total. The number of carbonyl (C=O) groups is 1. The van der Waals surface area contributed by atoms with Crippen LogP contribution in [0.15, 0.2) is 48.8 Å². The quantitative estimate of drug-likeness (QED) is 0.888. The van der Waals surface area contributed by atoms with Crippen LogP contribution in [-0.2, 0) is 0 Å². The molecule has 2 amide bonds. The van der Waals surface area contributed by atoms with E-state index in [1.807, 2.05) is 53.4 Å². The zero-order valence-electron chi connectivity index (χ0n) is 12.4. The van der Waals surface area contributed by atoms with Gasteiger partial charge in [0.1, 0.15) is 0 Å². The first-order valence-electron chi connectivity index (χ1n) is 7.00. The van der Waals surface area contributed by atoms with Crippen LogP contribution in [0, 0.1) is 0 Å². The van der Waals surface area contributed by atoms with Crippen LogP contribution in [0.1, 0.15) is 13.3 Å². The van der Waals surface area contributed by atoms with Gasteiger partial charge < -0.3 is 19.9 Å². The average Bonchev–Trinajstić information content (AvgIpc) is 2.99. The van der Waals surface area contributed by atoms with Crippen LogP contribution < -0.4 is 5.32 Å². The molecule has 0 aliphatic carbocycles. The predicted molar refractivity (Wildman–Crippen MR) is 83.7 cm³/mol. The van der Waals surface area contributed by atoms with E-state index in [9.17, 15) is 9.90 Å². The zero-order valence-corrected chi connectivity index (χ0v) is 12.4. The lowest BCUT2D eigenvalue weighted by atomic mass is 10.2. The molecule has 21 heavy (non-hydrogen) atoms. The number of benzene rings is 1. The minimum atomic E-state index is -0.405. The van der Waals surface area contributed by atoms with Crippen molar-refractivity contribution >= 4 is 11.7 Å². The summed E-state index contributed by atoms with van der Waals surface area (Å²) in [7, 11) is 1.72. The van der Waals surface area contributed by atoms with E-state index in [4.69, 9.17) is 0 Å². The highest BCUT2D eigenvalue weighted by Gasteiger charge is 2.10. The SMILES string of the molecule is C[C@@H](O)CCN(C)C(=O)Nc1cccc(-n2cccc2)c1. The van der Waals surface area contributed by atoms with E-state index in [0.29, 0.717) is 13.0 Å². The molecular formula is C16H21N3O2. The van der Waals surface area contributed by atoms with E-state index in [0.717, 1.165) is 11.4 Å². The number of anilines is 1. The Balaban J connectivity index is 1.99. The van der Waals surface area contributed by atoms with Gasteiger partial charge in [0, 0.05) is 37.4 Å². The molecule has 0 radical (unpaired) electrons. The highest BCUT2D eigenvalue weighted by Crippen LogP contribution is 2.15. The van der Waals surface area contributed by atoms with Crippen molar-refractivity contribution in [3.63, 3.8) is 0 Å². The van der Waals surface area contributed by atoms with Crippen molar-refractivity contribution in [3.8, 4) is 5.69 Å². The summed E-state index contributed by atoms with van der Waals surface area (Å²) in [4.78, 5) is 13.6. The van der Waals surface area contributed by atoms with Gasteiger partial charge >= 0.3 is 6.03 Å². The fourth-order valence-corrected chi connectivity index (χ4v) is 1.95. The highest BCUT2D eigenvalue weighted by atomic mass is 16.3. The molecule has 2 aromatic rings. The first-order valence-corrected chi connectivity index (χ1v) is 7.00. The standard InChI is InChI=1S/C16H21N3O2/c1-13(20)8-11-18(2)16(21)17-14-6-5-7-15(12-14)19-9-3-4-10-19/h3-7,9-10,12-13,20H,8,11H2,1-2H3,(H,17,21)/t13-/m1/s1. The molecule has 0 aliphatic heterocycles. The van der Waals surface area contributed by atoms with Crippen LogP contribution in [-0.4, -0.2) is 40.3 Å². The summed E-state index contributed by atoms with van der Waals surface area (Å²) >= 11 is 0. The zero-order chi connectivity index (χ0) is 15.2. The summed E-state index contributed by atoms with van der Waals surface area (Å²) in [5.74, 6) is 0. The third-order valence-electron chi connectivity index (χ3n) is 3.23. The third kappa shape index (κ3) is 4.36. The number of rotatable bonds is 5. The van der Waals surface area contributed by atoms with Crippen LogP contribution in [0.4, 0.5) is 10.5 Å². The number of hydrogen-bond donors (Lipinski definition) is 2. The Morgan fingerprint density at radius 2 is 2.05 bits per heavy atom. The fraction of sp³-hybridized carbons (Fsp3) is 0.312. The molecule has 2 N–H and O–H groups in total. The van der Waals surface area contributed by atoms with E-state index >= 15 is 0 Å². The van der Waals surface area contributed by atoms with Gasteiger partial charge in [-0.15, -0.1) is 0 Å². The second kappa shape index (κ2) is 6.95. The lowest BCUT2D eigenvalue weighted by Crippen LogP contribution is -2.33. The van der Waals surface area contributed by atoms with Crippen LogP contribution in [0.3, 0.4) is 0 Å². The van der Waals surface area contributed by atoms with E-state index in [-0.39, 0.29) is 6.03 Å². The lowest BCUT2D eigenvalue weighted by Gasteiger charge is -2.19. The van der Waals surface area contributed by atoms with Gasteiger partial charge in [0.15, 0.2) is 0 Å². The average molecular weight is 287 g/mol. The maximum atomic E-state index is 12.0. The minimum Gasteiger partial charge on any atom is -0.393 e. The maximum Gasteiger partial charge on any atom is 0.321 e. The van der Waals surface area contributed by atoms with E-state index in [1.54, 1.807) is 18.9 Å². The first-order chi connectivity index (χ1) is 10.1. The molecule has 1 heterocycles. The van der Waals surface area contributed by atoms with Gasteiger partial charge in [0.05, 0.1) is 6.10 Å². The molecule has 0 fully saturated rings. The van der Waals surface area contributed by atoms with Gasteiger partial charge in [0.2, 0.25) is 0 Å². The van der Waals surface area contributed by atoms with Crippen molar-refractivity contribution < 1.29 is 9.90 Å². The summed E-state index contributed by atoms with van der Waals surface area (Å²) in [6.07, 6.45) is 4.07. The summed E-state index contributed by atoms with van der Waals surface area (Å²) in [5.41, 5.74) is 1.74. The van der Waals surface area contributed by atoms with Crippen molar-refractivity contribution in [2.75, 3.05) is 18.9 Å². The molecule has 0 aliphatic rings. The Kier molecular flexibility index (Phi) is 5.00. The largest absolute Gasteiger partial charge is 0.393 e. The van der Waals surface area contributed by atoms with Gasteiger partial charge in [-0.1, -0.05) is 6.07 Å². The molecule has 0 saturated heterocycles. The van der Waals surface area contributed by atoms with E-state index in [1.165, 1.54) is 0 Å². The summed E-state index contributed by atoms with van der Waals surface area (Å²) < 4.78 is 1.98. The minimum absolute atomic E-state index is 0.180. The molecular weight excluding hydrogens is 266 g/mol. The third-order valence-corrected chi connectivity index (χ3v) is 3.23. The van der Waals surface area contributed by atoms with Crippen molar-refractivity contribution in [1.82, 2.24) is 9.47 Å². The van der Waals surface area contributed by atoms with Gasteiger partial charge in [-0.2, -0.15) is 0 Å². The molecule has 0 spiro atoms. The van der Waals surface area contributed by atoms with Gasteiger partial charge in [-0.3, -0.25) is 0 Å². The first kappa shape index (κ1) is 15.1. The van der Waals surface area contributed by atoms with Crippen LogP contribution in [0.5, 0.6) is 0 Å². The van der Waals surface area contributed by atoms with Gasteiger partial charge in [0.25, 0.3) is 0 Å². The van der Waals surface area contributed by atoms with E-state index < -0.39 is 6.10 Å². The topological polar surface area (TPSA) is 57.5 Å². The van der Waals surface area contributed by atoms with Crippen LogP contribution in [0.2, 0.25) is 0 Å². The van der Waals surface area contributed by atoms with Crippen molar-refractivity contribution in [3.05, 3.63) is 48.8 Å². The second-order valence-corrected chi connectivity index (χ2v) is 5.13. The maximum absolute atomic E-state index is 12.0. The second-order valence-electron chi connectivity index (χ2n) is 5.13. The molecule has 1 aromatic heterocycles. The van der Waals surface area contributed by atoms with Crippen molar-refractivity contribution in [2.45, 2.75) is 19.4 Å². The molecule has 112 valence electrons. The number of aromatic nitrogens is 1. The number of aliphatic hydroxyl groups is 1. The fourth-order valence-electron chi connectivity index (χ4n) is 1.95. The van der Waals surface area contributed by atoms with Crippen LogP contribution in [0.25, 0.3) is 5.69 Å².